The molecule has 2 N–H and O–H groups in total. The minimum atomic E-state index is -0.858. The highest BCUT2D eigenvalue weighted by atomic mass is 16.5. The molecular weight excluding hydrogens is 234 g/mol. The molecule has 0 atom stereocenters. The lowest BCUT2D eigenvalue weighted by Gasteiger charge is -2.21. The first-order valence-corrected chi connectivity index (χ1v) is 6.78. The minimum Gasteiger partial charge on any atom is -0.481 e. The summed E-state index contributed by atoms with van der Waals surface area (Å²) in [5, 5.41) is 11.2. The smallest absolute Gasteiger partial charge is 0.303 e. The molecule has 5 heteroatoms. The van der Waals surface area contributed by atoms with E-state index in [2.05, 4.69) is 5.32 Å². The van der Waals surface area contributed by atoms with E-state index in [4.69, 9.17) is 9.84 Å². The Morgan fingerprint density at radius 1 is 1.17 bits per heavy atom. The Kier molecular flexibility index (Phi) is 7.41. The van der Waals surface area contributed by atoms with Crippen LogP contribution in [0.15, 0.2) is 0 Å². The van der Waals surface area contributed by atoms with Gasteiger partial charge in [-0.1, -0.05) is 19.3 Å². The normalized spacial score (nSPS) is 16.4. The molecule has 0 aromatic rings. The zero-order valence-corrected chi connectivity index (χ0v) is 10.8. The van der Waals surface area contributed by atoms with Gasteiger partial charge in [0, 0.05) is 19.4 Å². The van der Waals surface area contributed by atoms with Gasteiger partial charge in [-0.3, -0.25) is 9.59 Å². The zero-order valence-electron chi connectivity index (χ0n) is 10.8. The number of carboxylic acids is 1. The van der Waals surface area contributed by atoms with E-state index >= 15 is 0 Å². The minimum absolute atomic E-state index is 0.0476. The van der Waals surface area contributed by atoms with Crippen molar-refractivity contribution in [3.63, 3.8) is 0 Å². The van der Waals surface area contributed by atoms with Crippen molar-refractivity contribution in [2.45, 2.75) is 57.5 Å². The fourth-order valence-corrected chi connectivity index (χ4v) is 2.14. The molecule has 0 aliphatic heterocycles. The molecule has 18 heavy (non-hydrogen) atoms. The zero-order chi connectivity index (χ0) is 13.2. The highest BCUT2D eigenvalue weighted by molar-refractivity contribution is 5.76. The largest absolute Gasteiger partial charge is 0.481 e. The van der Waals surface area contributed by atoms with Gasteiger partial charge in [-0.05, 0) is 19.3 Å². The fourth-order valence-electron chi connectivity index (χ4n) is 2.14. The molecule has 0 unspecified atom stereocenters. The van der Waals surface area contributed by atoms with Gasteiger partial charge < -0.3 is 15.2 Å². The number of carbonyl (C=O) groups is 2. The van der Waals surface area contributed by atoms with Crippen molar-refractivity contribution in [3.8, 4) is 0 Å². The molecule has 0 aromatic carbocycles. The van der Waals surface area contributed by atoms with Crippen LogP contribution in [0.3, 0.4) is 0 Å². The molecule has 1 aliphatic rings. The first-order chi connectivity index (χ1) is 8.68. The van der Waals surface area contributed by atoms with Crippen LogP contribution in [0.25, 0.3) is 0 Å². The second-order valence-corrected chi connectivity index (χ2v) is 4.73. The summed E-state index contributed by atoms with van der Waals surface area (Å²) in [5.74, 6) is -0.952. The summed E-state index contributed by atoms with van der Waals surface area (Å²) in [6, 6.07) is 0. The molecule has 1 amide bonds. The summed E-state index contributed by atoms with van der Waals surface area (Å²) in [6.07, 6.45) is 7.13. The van der Waals surface area contributed by atoms with E-state index in [9.17, 15) is 9.59 Å². The van der Waals surface area contributed by atoms with Crippen molar-refractivity contribution < 1.29 is 19.4 Å². The summed E-state index contributed by atoms with van der Waals surface area (Å²) < 4.78 is 5.67. The van der Waals surface area contributed by atoms with Crippen molar-refractivity contribution in [1.29, 1.82) is 0 Å². The molecule has 104 valence electrons. The first-order valence-electron chi connectivity index (χ1n) is 6.78. The molecule has 0 saturated heterocycles. The van der Waals surface area contributed by atoms with E-state index in [1.54, 1.807) is 0 Å². The number of carboxylic acid groups (broad SMARTS) is 1. The third-order valence-electron chi connectivity index (χ3n) is 3.12. The Hall–Kier alpha value is -1.10. The van der Waals surface area contributed by atoms with E-state index in [0.717, 1.165) is 12.8 Å². The molecule has 0 heterocycles. The molecule has 0 radical (unpaired) electrons. The van der Waals surface area contributed by atoms with Crippen LogP contribution >= 0.6 is 0 Å². The standard InChI is InChI=1S/C13H23NO4/c15-12(7-4-8-13(16)17)14-9-10-18-11-5-2-1-3-6-11/h11H,1-10H2,(H,14,15)(H,16,17). The summed E-state index contributed by atoms with van der Waals surface area (Å²) in [4.78, 5) is 21.6. The fraction of sp³-hybridized carbons (Fsp3) is 0.846. The summed E-state index contributed by atoms with van der Waals surface area (Å²) in [7, 11) is 0. The van der Waals surface area contributed by atoms with Gasteiger partial charge in [0.1, 0.15) is 0 Å². The quantitative estimate of drug-likeness (QED) is 0.649. The van der Waals surface area contributed by atoms with Crippen LogP contribution in [0.4, 0.5) is 0 Å². The van der Waals surface area contributed by atoms with Crippen LogP contribution in [0.2, 0.25) is 0 Å². The lowest BCUT2D eigenvalue weighted by molar-refractivity contribution is -0.137. The van der Waals surface area contributed by atoms with Gasteiger partial charge in [0.25, 0.3) is 0 Å². The lowest BCUT2D eigenvalue weighted by atomic mass is 9.98. The van der Waals surface area contributed by atoms with Crippen LogP contribution in [0.1, 0.15) is 51.4 Å². The number of nitrogens with one attached hydrogen (secondary N) is 1. The second-order valence-electron chi connectivity index (χ2n) is 4.73. The van der Waals surface area contributed by atoms with E-state index in [-0.39, 0.29) is 18.7 Å². The van der Waals surface area contributed by atoms with Gasteiger partial charge in [-0.15, -0.1) is 0 Å². The molecule has 1 saturated carbocycles. The lowest BCUT2D eigenvalue weighted by Crippen LogP contribution is -2.29. The van der Waals surface area contributed by atoms with Crippen LogP contribution in [0.5, 0.6) is 0 Å². The molecule has 5 nitrogen and oxygen atoms in total. The van der Waals surface area contributed by atoms with Crippen LogP contribution < -0.4 is 5.32 Å². The van der Waals surface area contributed by atoms with Crippen LogP contribution in [0, 0.1) is 0 Å². The van der Waals surface area contributed by atoms with Crippen molar-refractivity contribution >= 4 is 11.9 Å². The Morgan fingerprint density at radius 3 is 2.56 bits per heavy atom. The van der Waals surface area contributed by atoms with Gasteiger partial charge >= 0.3 is 5.97 Å². The first kappa shape index (κ1) is 15.0. The van der Waals surface area contributed by atoms with Crippen molar-refractivity contribution in [2.24, 2.45) is 0 Å². The number of carbonyl (C=O) groups excluding carboxylic acids is 1. The Morgan fingerprint density at radius 2 is 1.89 bits per heavy atom. The van der Waals surface area contributed by atoms with Gasteiger partial charge in [0.05, 0.1) is 12.7 Å². The highest BCUT2D eigenvalue weighted by Crippen LogP contribution is 2.19. The highest BCUT2D eigenvalue weighted by Gasteiger charge is 2.13. The molecule has 1 aliphatic carbocycles. The maximum Gasteiger partial charge on any atom is 0.303 e. The van der Waals surface area contributed by atoms with E-state index < -0.39 is 5.97 Å². The number of rotatable bonds is 8. The maximum atomic E-state index is 11.3. The summed E-state index contributed by atoms with van der Waals surface area (Å²) in [6.45, 7) is 1.07. The SMILES string of the molecule is O=C(O)CCCC(=O)NCCOC1CCCCC1. The van der Waals surface area contributed by atoms with Gasteiger partial charge in [-0.25, -0.2) is 0 Å². The second kappa shape index (κ2) is 8.91. The molecule has 0 bridgehead atoms. The summed E-state index contributed by atoms with van der Waals surface area (Å²) in [5.41, 5.74) is 0. The third kappa shape index (κ3) is 7.27. The average molecular weight is 257 g/mol. The number of amides is 1. The third-order valence-corrected chi connectivity index (χ3v) is 3.12. The summed E-state index contributed by atoms with van der Waals surface area (Å²) >= 11 is 0. The van der Waals surface area contributed by atoms with Gasteiger partial charge in [0.2, 0.25) is 5.91 Å². The number of hydrogen-bond donors (Lipinski definition) is 2. The van der Waals surface area contributed by atoms with E-state index in [1.807, 2.05) is 0 Å². The predicted molar refractivity (Wildman–Crippen MR) is 67.3 cm³/mol. The van der Waals surface area contributed by atoms with E-state index in [0.29, 0.717) is 25.7 Å². The number of ether oxygens (including phenoxy) is 1. The monoisotopic (exact) mass is 257 g/mol. The molecule has 0 spiro atoms. The van der Waals surface area contributed by atoms with Crippen molar-refractivity contribution in [3.05, 3.63) is 0 Å². The number of aliphatic carboxylic acids is 1. The molecular formula is C13H23NO4. The van der Waals surface area contributed by atoms with Gasteiger partial charge in [-0.2, -0.15) is 0 Å². The Balaban J connectivity index is 1.93. The van der Waals surface area contributed by atoms with Crippen LogP contribution in [-0.2, 0) is 14.3 Å². The van der Waals surface area contributed by atoms with Crippen molar-refractivity contribution in [1.82, 2.24) is 5.32 Å². The Bertz CT molecular complexity index is 262. The van der Waals surface area contributed by atoms with Crippen LogP contribution in [-0.4, -0.2) is 36.2 Å². The number of hydrogen-bond acceptors (Lipinski definition) is 3. The maximum absolute atomic E-state index is 11.3. The topological polar surface area (TPSA) is 75.6 Å². The van der Waals surface area contributed by atoms with E-state index in [1.165, 1.54) is 19.3 Å². The average Bonchev–Trinajstić information content (AvgIpc) is 2.35. The predicted octanol–water partition coefficient (Wildman–Crippen LogP) is 1.71. The molecule has 0 aromatic heterocycles. The molecule has 1 rings (SSSR count). The molecule has 1 fully saturated rings. The van der Waals surface area contributed by atoms with Gasteiger partial charge in [0.15, 0.2) is 0 Å². The Labute approximate surface area is 108 Å². The van der Waals surface area contributed by atoms with Crippen molar-refractivity contribution in [2.75, 3.05) is 13.2 Å².